The van der Waals surface area contributed by atoms with E-state index in [0.717, 1.165) is 19.6 Å². The Morgan fingerprint density at radius 3 is 2.62 bits per heavy atom. The molecular formula is C6H13NO. The number of nitrogens with two attached hydrogens (primary N) is 1. The van der Waals surface area contributed by atoms with Crippen LogP contribution in [0.5, 0.6) is 0 Å². The molecule has 0 radical (unpaired) electrons. The molecule has 8 heavy (non-hydrogen) atoms. The summed E-state index contributed by atoms with van der Waals surface area (Å²) in [5.41, 5.74) is 5.66. The van der Waals surface area contributed by atoms with Crippen LogP contribution in [0.15, 0.2) is 0 Å². The summed E-state index contributed by atoms with van der Waals surface area (Å²) in [4.78, 5) is 0. The van der Waals surface area contributed by atoms with Crippen molar-refractivity contribution in [2.24, 2.45) is 11.7 Å². The molecule has 1 saturated heterocycles. The first kappa shape index (κ1) is 6.05. The summed E-state index contributed by atoms with van der Waals surface area (Å²) in [6, 6.07) is 0.306. The topological polar surface area (TPSA) is 35.2 Å². The minimum absolute atomic E-state index is 0.306. The maximum atomic E-state index is 5.66. The van der Waals surface area contributed by atoms with Crippen LogP contribution in [0.25, 0.3) is 0 Å². The summed E-state index contributed by atoms with van der Waals surface area (Å²) in [5, 5.41) is 0. The maximum absolute atomic E-state index is 5.66. The lowest BCUT2D eigenvalue weighted by Crippen LogP contribution is -2.27. The van der Waals surface area contributed by atoms with Crippen molar-refractivity contribution in [3.05, 3.63) is 0 Å². The Bertz CT molecular complexity index is 74.9. The molecule has 0 aromatic carbocycles. The lowest BCUT2D eigenvalue weighted by atomic mass is 10.0. The summed E-state index contributed by atoms with van der Waals surface area (Å²) in [5.74, 6) is 0.620. The predicted molar refractivity (Wildman–Crippen MR) is 32.6 cm³/mol. The van der Waals surface area contributed by atoms with Crippen LogP contribution in [0.4, 0.5) is 0 Å². The average Bonchev–Trinajstić information content (AvgIpc) is 2.14. The van der Waals surface area contributed by atoms with Crippen LogP contribution in [0.3, 0.4) is 0 Å². The van der Waals surface area contributed by atoms with Gasteiger partial charge in [-0.1, -0.05) is 6.92 Å². The van der Waals surface area contributed by atoms with Gasteiger partial charge in [-0.2, -0.15) is 0 Å². The minimum Gasteiger partial charge on any atom is -0.379 e. The highest BCUT2D eigenvalue weighted by molar-refractivity contribution is 4.75. The van der Waals surface area contributed by atoms with Crippen LogP contribution in [0, 0.1) is 5.92 Å². The molecule has 2 unspecified atom stereocenters. The van der Waals surface area contributed by atoms with Gasteiger partial charge in [-0.15, -0.1) is 0 Å². The van der Waals surface area contributed by atoms with E-state index in [1.165, 1.54) is 0 Å². The Morgan fingerprint density at radius 1 is 1.62 bits per heavy atom. The average molecular weight is 115 g/mol. The third-order valence-electron chi connectivity index (χ3n) is 1.77. The number of hydrogen-bond donors (Lipinski definition) is 1. The van der Waals surface area contributed by atoms with Crippen LogP contribution in [0.1, 0.15) is 13.3 Å². The summed E-state index contributed by atoms with van der Waals surface area (Å²) >= 11 is 0. The molecule has 0 aromatic rings. The van der Waals surface area contributed by atoms with Gasteiger partial charge in [-0.25, -0.2) is 0 Å². The number of rotatable bonds is 1. The first-order valence-corrected chi connectivity index (χ1v) is 3.18. The van der Waals surface area contributed by atoms with E-state index in [1.54, 1.807) is 0 Å². The molecule has 0 aliphatic carbocycles. The zero-order valence-corrected chi connectivity index (χ0v) is 5.26. The normalized spacial score (nSPS) is 38.2. The van der Waals surface area contributed by atoms with Crippen molar-refractivity contribution in [3.63, 3.8) is 0 Å². The fourth-order valence-electron chi connectivity index (χ4n) is 1.04. The Morgan fingerprint density at radius 2 is 2.38 bits per heavy atom. The lowest BCUT2D eigenvalue weighted by Gasteiger charge is -2.07. The number of ether oxygens (including phenoxy) is 1. The second kappa shape index (κ2) is 2.46. The van der Waals surface area contributed by atoms with E-state index in [1.807, 2.05) is 0 Å². The van der Waals surface area contributed by atoms with E-state index in [9.17, 15) is 0 Å². The molecule has 1 aliphatic rings. The molecule has 2 N–H and O–H groups in total. The summed E-state index contributed by atoms with van der Waals surface area (Å²) in [7, 11) is 0. The van der Waals surface area contributed by atoms with Crippen molar-refractivity contribution in [2.45, 2.75) is 19.4 Å². The van der Waals surface area contributed by atoms with Gasteiger partial charge in [0.25, 0.3) is 0 Å². The van der Waals surface area contributed by atoms with Gasteiger partial charge in [0.2, 0.25) is 0 Å². The highest BCUT2D eigenvalue weighted by atomic mass is 16.5. The second-order valence-corrected chi connectivity index (χ2v) is 2.37. The van der Waals surface area contributed by atoms with Gasteiger partial charge in [-0.3, -0.25) is 0 Å². The Hall–Kier alpha value is -0.0800. The Kier molecular flexibility index (Phi) is 1.86. The molecule has 1 rings (SSSR count). The third kappa shape index (κ3) is 1.01. The van der Waals surface area contributed by atoms with Crippen molar-refractivity contribution in [2.75, 3.05) is 13.2 Å². The zero-order valence-electron chi connectivity index (χ0n) is 5.26. The SMILES string of the molecule is CCC1COCC1N. The third-order valence-corrected chi connectivity index (χ3v) is 1.77. The molecule has 48 valence electrons. The van der Waals surface area contributed by atoms with Gasteiger partial charge < -0.3 is 10.5 Å². The molecule has 0 bridgehead atoms. The van der Waals surface area contributed by atoms with E-state index in [4.69, 9.17) is 10.5 Å². The van der Waals surface area contributed by atoms with Crippen molar-refractivity contribution in [1.82, 2.24) is 0 Å². The maximum Gasteiger partial charge on any atom is 0.0621 e. The molecule has 1 fully saturated rings. The van der Waals surface area contributed by atoms with Gasteiger partial charge in [0.05, 0.1) is 13.2 Å². The van der Waals surface area contributed by atoms with Gasteiger partial charge in [0.15, 0.2) is 0 Å². The Balaban J connectivity index is 2.30. The van der Waals surface area contributed by atoms with Gasteiger partial charge >= 0.3 is 0 Å². The van der Waals surface area contributed by atoms with Crippen LogP contribution in [-0.4, -0.2) is 19.3 Å². The summed E-state index contributed by atoms with van der Waals surface area (Å²) in [6.45, 7) is 3.79. The second-order valence-electron chi connectivity index (χ2n) is 2.37. The first-order valence-electron chi connectivity index (χ1n) is 3.18. The largest absolute Gasteiger partial charge is 0.379 e. The molecule has 2 heteroatoms. The van der Waals surface area contributed by atoms with Crippen LogP contribution >= 0.6 is 0 Å². The molecule has 2 nitrogen and oxygen atoms in total. The van der Waals surface area contributed by atoms with Crippen molar-refractivity contribution in [1.29, 1.82) is 0 Å². The lowest BCUT2D eigenvalue weighted by molar-refractivity contribution is 0.183. The summed E-state index contributed by atoms with van der Waals surface area (Å²) in [6.07, 6.45) is 1.15. The fraction of sp³-hybridized carbons (Fsp3) is 1.00. The van der Waals surface area contributed by atoms with Crippen molar-refractivity contribution < 1.29 is 4.74 Å². The smallest absolute Gasteiger partial charge is 0.0621 e. The molecule has 0 amide bonds. The quantitative estimate of drug-likeness (QED) is 0.536. The highest BCUT2D eigenvalue weighted by Gasteiger charge is 2.22. The highest BCUT2D eigenvalue weighted by Crippen LogP contribution is 2.13. The molecule has 0 spiro atoms. The molecule has 1 heterocycles. The number of hydrogen-bond acceptors (Lipinski definition) is 2. The van der Waals surface area contributed by atoms with E-state index < -0.39 is 0 Å². The zero-order chi connectivity index (χ0) is 5.98. The Labute approximate surface area is 50.0 Å². The molecule has 0 aromatic heterocycles. The van der Waals surface area contributed by atoms with E-state index in [0.29, 0.717) is 12.0 Å². The first-order chi connectivity index (χ1) is 3.84. The van der Waals surface area contributed by atoms with E-state index >= 15 is 0 Å². The predicted octanol–water partition coefficient (Wildman–Crippen LogP) is 0.370. The van der Waals surface area contributed by atoms with Gasteiger partial charge in [-0.05, 0) is 12.3 Å². The van der Waals surface area contributed by atoms with E-state index in [-0.39, 0.29) is 0 Å². The summed E-state index contributed by atoms with van der Waals surface area (Å²) < 4.78 is 5.14. The van der Waals surface area contributed by atoms with Crippen molar-refractivity contribution >= 4 is 0 Å². The van der Waals surface area contributed by atoms with Crippen molar-refractivity contribution in [3.8, 4) is 0 Å². The molecule has 0 saturated carbocycles. The fourth-order valence-corrected chi connectivity index (χ4v) is 1.04. The monoisotopic (exact) mass is 115 g/mol. The minimum atomic E-state index is 0.306. The van der Waals surface area contributed by atoms with Gasteiger partial charge in [0, 0.05) is 6.04 Å². The van der Waals surface area contributed by atoms with E-state index in [2.05, 4.69) is 6.92 Å². The molecule has 2 atom stereocenters. The van der Waals surface area contributed by atoms with Crippen LogP contribution in [0.2, 0.25) is 0 Å². The standard InChI is InChI=1S/C6H13NO/c1-2-5-3-8-4-6(5)7/h5-6H,2-4,7H2,1H3. The van der Waals surface area contributed by atoms with Gasteiger partial charge in [0.1, 0.15) is 0 Å². The molecule has 1 aliphatic heterocycles. The van der Waals surface area contributed by atoms with Crippen LogP contribution < -0.4 is 5.73 Å². The van der Waals surface area contributed by atoms with Crippen LogP contribution in [-0.2, 0) is 4.74 Å². The molecular weight excluding hydrogens is 102 g/mol.